The highest BCUT2D eigenvalue weighted by molar-refractivity contribution is 6.38. The number of piperazine rings is 1. The Bertz CT molecular complexity index is 883. The molecule has 31 heavy (non-hydrogen) atoms. The van der Waals surface area contributed by atoms with E-state index in [2.05, 4.69) is 26.8 Å². The van der Waals surface area contributed by atoms with Crippen LogP contribution in [0.3, 0.4) is 0 Å². The number of pyridine rings is 1. The van der Waals surface area contributed by atoms with Gasteiger partial charge in [0.2, 0.25) is 0 Å². The molecular weight excluding hydrogens is 440 g/mol. The molecule has 1 aliphatic rings. The number of hydrazine groups is 1. The maximum atomic E-state index is 14.1. The second-order valence-electron chi connectivity index (χ2n) is 7.47. The van der Waals surface area contributed by atoms with Crippen LogP contribution >= 0.6 is 23.2 Å². The fourth-order valence-corrected chi connectivity index (χ4v) is 4.46. The largest absolute Gasteiger partial charge is 0.366 e. The van der Waals surface area contributed by atoms with Crippen molar-refractivity contribution in [1.82, 2.24) is 14.9 Å². The summed E-state index contributed by atoms with van der Waals surface area (Å²) in [4.78, 5) is 8.35. The molecular formula is C21H28Cl2FN7. The van der Waals surface area contributed by atoms with E-state index in [9.17, 15) is 4.39 Å². The Morgan fingerprint density at radius 1 is 1.23 bits per heavy atom. The Labute approximate surface area is 192 Å². The van der Waals surface area contributed by atoms with E-state index >= 15 is 0 Å². The maximum Gasteiger partial charge on any atom is 0.160 e. The van der Waals surface area contributed by atoms with Crippen LogP contribution in [0.5, 0.6) is 0 Å². The number of aromatic nitrogens is 1. The van der Waals surface area contributed by atoms with Crippen molar-refractivity contribution in [3.05, 3.63) is 58.1 Å². The molecule has 1 aromatic heterocycles. The van der Waals surface area contributed by atoms with Crippen molar-refractivity contribution in [3.8, 4) is 0 Å². The van der Waals surface area contributed by atoms with Crippen LogP contribution < -0.4 is 16.6 Å². The van der Waals surface area contributed by atoms with Crippen molar-refractivity contribution < 1.29 is 4.39 Å². The third-order valence-electron chi connectivity index (χ3n) is 5.41. The van der Waals surface area contributed by atoms with E-state index < -0.39 is 0 Å². The second kappa shape index (κ2) is 10.9. The average Bonchev–Trinajstić information content (AvgIpc) is 2.76. The molecule has 0 radical (unpaired) electrons. The zero-order valence-electron chi connectivity index (χ0n) is 17.5. The first-order chi connectivity index (χ1) is 15.0. The number of rotatable bonds is 7. The van der Waals surface area contributed by atoms with Gasteiger partial charge in [-0.3, -0.25) is 14.9 Å². The van der Waals surface area contributed by atoms with E-state index in [1.54, 1.807) is 23.5 Å². The summed E-state index contributed by atoms with van der Waals surface area (Å²) >= 11 is 12.7. The molecule has 1 unspecified atom stereocenters. The Balaban J connectivity index is 1.85. The smallest absolute Gasteiger partial charge is 0.160 e. The number of unbranched alkanes of at least 4 members (excludes halogenated alkanes) is 1. The number of nitrogens with two attached hydrogens (primary N) is 2. The van der Waals surface area contributed by atoms with Crippen molar-refractivity contribution in [1.29, 1.82) is 0 Å². The van der Waals surface area contributed by atoms with E-state index in [-0.39, 0.29) is 11.9 Å². The zero-order chi connectivity index (χ0) is 22.4. The number of hydrogen-bond acceptors (Lipinski definition) is 6. The predicted octanol–water partition coefficient (Wildman–Crippen LogP) is 3.64. The van der Waals surface area contributed by atoms with Crippen LogP contribution in [0.2, 0.25) is 10.0 Å². The van der Waals surface area contributed by atoms with Crippen LogP contribution in [0.4, 0.5) is 10.1 Å². The van der Waals surface area contributed by atoms with E-state index in [1.165, 1.54) is 12.1 Å². The molecule has 0 saturated carbocycles. The van der Waals surface area contributed by atoms with Crippen LogP contribution in [-0.2, 0) is 0 Å². The first-order valence-electron chi connectivity index (χ1n) is 10.3. The summed E-state index contributed by atoms with van der Waals surface area (Å²) < 4.78 is 14.1. The molecule has 0 aliphatic carbocycles. The lowest BCUT2D eigenvalue weighted by molar-refractivity contribution is 0.213. The minimum Gasteiger partial charge on any atom is -0.366 e. The van der Waals surface area contributed by atoms with Crippen LogP contribution in [0.15, 0.2) is 41.8 Å². The Hall–Kier alpha value is -2.13. The minimum absolute atomic E-state index is 0.315. The van der Waals surface area contributed by atoms with E-state index in [0.29, 0.717) is 48.6 Å². The van der Waals surface area contributed by atoms with Gasteiger partial charge in [-0.1, -0.05) is 48.7 Å². The number of amidine groups is 1. The van der Waals surface area contributed by atoms with Gasteiger partial charge in [0.15, 0.2) is 5.84 Å². The number of benzene rings is 1. The summed E-state index contributed by atoms with van der Waals surface area (Å²) in [6.45, 7) is 5.37. The SMILES string of the molecule is CCCCN(N)/C(=N\N)C(c1cccc(F)c1)N1CCN(c2c(Cl)cncc2Cl)CC1. The van der Waals surface area contributed by atoms with Crippen molar-refractivity contribution in [3.63, 3.8) is 0 Å². The van der Waals surface area contributed by atoms with E-state index in [0.717, 1.165) is 24.1 Å². The van der Waals surface area contributed by atoms with Gasteiger partial charge in [0.25, 0.3) is 0 Å². The molecule has 1 saturated heterocycles. The fraction of sp³-hybridized carbons (Fsp3) is 0.429. The standard InChI is InChI=1S/C21H28Cl2FN7/c1-2-3-7-31(26)21(28-25)19(15-5-4-6-16(24)12-15)29-8-10-30(11-9-29)20-17(22)13-27-14-18(20)23/h4-6,12-14,19H,2-3,7-11,25-26H2,1H3/b28-21-. The van der Waals surface area contributed by atoms with Crippen molar-refractivity contribution in [2.45, 2.75) is 25.8 Å². The Morgan fingerprint density at radius 3 is 2.48 bits per heavy atom. The monoisotopic (exact) mass is 467 g/mol. The number of anilines is 1. The number of hydrazone groups is 1. The lowest BCUT2D eigenvalue weighted by Gasteiger charge is -2.42. The van der Waals surface area contributed by atoms with Gasteiger partial charge in [0.1, 0.15) is 5.82 Å². The van der Waals surface area contributed by atoms with Gasteiger partial charge in [-0.05, 0) is 24.1 Å². The first-order valence-corrected chi connectivity index (χ1v) is 11.0. The van der Waals surface area contributed by atoms with Crippen LogP contribution in [0, 0.1) is 5.82 Å². The van der Waals surface area contributed by atoms with E-state index in [4.69, 9.17) is 34.9 Å². The fourth-order valence-electron chi connectivity index (χ4n) is 3.86. The quantitative estimate of drug-likeness (QED) is 0.279. The molecule has 10 heteroatoms. The summed E-state index contributed by atoms with van der Waals surface area (Å²) in [6.07, 6.45) is 5.06. The topological polar surface area (TPSA) is 87.0 Å². The highest BCUT2D eigenvalue weighted by atomic mass is 35.5. The van der Waals surface area contributed by atoms with Crippen LogP contribution in [0.25, 0.3) is 0 Å². The van der Waals surface area contributed by atoms with Crippen molar-refractivity contribution in [2.24, 2.45) is 16.8 Å². The summed E-state index contributed by atoms with van der Waals surface area (Å²) in [5, 5.41) is 6.62. The van der Waals surface area contributed by atoms with Gasteiger partial charge in [-0.2, -0.15) is 5.10 Å². The summed E-state index contributed by atoms with van der Waals surface area (Å²) in [7, 11) is 0. The molecule has 1 aromatic carbocycles. The zero-order valence-corrected chi connectivity index (χ0v) is 19.0. The molecule has 4 N–H and O–H groups in total. The normalized spacial score (nSPS) is 16.4. The molecule has 2 heterocycles. The maximum absolute atomic E-state index is 14.1. The van der Waals surface area contributed by atoms with Crippen molar-refractivity contribution in [2.75, 3.05) is 37.6 Å². The third-order valence-corrected chi connectivity index (χ3v) is 5.97. The lowest BCUT2D eigenvalue weighted by atomic mass is 10.0. The highest BCUT2D eigenvalue weighted by Crippen LogP contribution is 2.34. The molecule has 1 fully saturated rings. The predicted molar refractivity (Wildman–Crippen MR) is 125 cm³/mol. The van der Waals surface area contributed by atoms with Gasteiger partial charge >= 0.3 is 0 Å². The first kappa shape index (κ1) is 23.5. The molecule has 7 nitrogen and oxygen atoms in total. The molecule has 0 spiro atoms. The minimum atomic E-state index is -0.368. The second-order valence-corrected chi connectivity index (χ2v) is 8.28. The molecule has 2 aromatic rings. The summed E-state index contributed by atoms with van der Waals surface area (Å²) in [6, 6.07) is 6.11. The lowest BCUT2D eigenvalue weighted by Crippen LogP contribution is -2.53. The van der Waals surface area contributed by atoms with Gasteiger partial charge in [0, 0.05) is 45.1 Å². The third kappa shape index (κ3) is 5.57. The van der Waals surface area contributed by atoms with Gasteiger partial charge in [-0.25, -0.2) is 10.2 Å². The van der Waals surface area contributed by atoms with E-state index in [1.807, 2.05) is 6.07 Å². The average molecular weight is 468 g/mol. The van der Waals surface area contributed by atoms with Gasteiger partial charge in [-0.15, -0.1) is 0 Å². The Kier molecular flexibility index (Phi) is 8.31. The van der Waals surface area contributed by atoms with Gasteiger partial charge in [0.05, 0.1) is 21.8 Å². The number of hydrogen-bond donors (Lipinski definition) is 2. The highest BCUT2D eigenvalue weighted by Gasteiger charge is 2.32. The Morgan fingerprint density at radius 2 is 1.90 bits per heavy atom. The molecule has 1 atom stereocenters. The summed E-state index contributed by atoms with van der Waals surface area (Å²) in [5.41, 5.74) is 1.53. The molecule has 1 aliphatic heterocycles. The molecule has 168 valence electrons. The van der Waals surface area contributed by atoms with Gasteiger partial charge < -0.3 is 10.7 Å². The van der Waals surface area contributed by atoms with Crippen LogP contribution in [0.1, 0.15) is 31.4 Å². The number of halogens is 3. The van der Waals surface area contributed by atoms with Crippen LogP contribution in [-0.4, -0.2) is 53.5 Å². The molecule has 3 rings (SSSR count). The molecule has 0 amide bonds. The number of nitrogens with zero attached hydrogens (tertiary/aromatic N) is 5. The van der Waals surface area contributed by atoms with Crippen molar-refractivity contribution >= 4 is 34.7 Å². The summed E-state index contributed by atoms with van der Waals surface area (Å²) in [5.74, 6) is 12.3. The molecule has 0 bridgehead atoms.